The van der Waals surface area contributed by atoms with Crippen molar-refractivity contribution in [2.45, 2.75) is 59.3 Å². The van der Waals surface area contributed by atoms with Gasteiger partial charge in [-0.3, -0.25) is 4.79 Å². The average Bonchev–Trinajstić information content (AvgIpc) is 2.80. The van der Waals surface area contributed by atoms with Gasteiger partial charge in [0.25, 0.3) is 5.91 Å². The van der Waals surface area contributed by atoms with Gasteiger partial charge in [0.2, 0.25) is 5.88 Å². The molecule has 2 heterocycles. The molecule has 1 saturated heterocycles. The maximum Gasteiger partial charge on any atom is 0.444 e. The number of carbonyl (C=O) groups excluding carboxylic acids is 2. The quantitative estimate of drug-likeness (QED) is 0.195. The number of likely N-dealkylation sites (tertiary alicyclic amines) is 1. The van der Waals surface area contributed by atoms with Gasteiger partial charge in [-0.2, -0.15) is 0 Å². The Morgan fingerprint density at radius 1 is 1.26 bits per heavy atom. The average molecular weight is 477 g/mol. The molecule has 1 aromatic rings. The summed E-state index contributed by atoms with van der Waals surface area (Å²) in [4.78, 5) is 33.4. The van der Waals surface area contributed by atoms with E-state index in [0.717, 1.165) is 45.2 Å². The number of unbranched alkanes of at least 4 members (excludes halogenated alkanes) is 1. The van der Waals surface area contributed by atoms with E-state index in [1.165, 1.54) is 0 Å². The Balaban J connectivity index is 1.72. The first-order valence-electron chi connectivity index (χ1n) is 12.4. The van der Waals surface area contributed by atoms with E-state index in [1.54, 1.807) is 19.1 Å². The van der Waals surface area contributed by atoms with Crippen LogP contribution >= 0.6 is 0 Å². The summed E-state index contributed by atoms with van der Waals surface area (Å²) in [6.45, 7) is 8.46. The highest BCUT2D eigenvalue weighted by Gasteiger charge is 2.37. The van der Waals surface area contributed by atoms with Gasteiger partial charge in [-0.05, 0) is 44.6 Å². The summed E-state index contributed by atoms with van der Waals surface area (Å²) in [5.74, 6) is 1.41. The fraction of sp³-hybridized carbons (Fsp3) is 0.680. The molecule has 1 fully saturated rings. The number of pyridine rings is 1. The predicted molar refractivity (Wildman–Crippen MR) is 133 cm³/mol. The fourth-order valence-electron chi connectivity index (χ4n) is 3.97. The van der Waals surface area contributed by atoms with Crippen molar-refractivity contribution in [1.82, 2.24) is 10.3 Å². The molecule has 1 aliphatic heterocycles. The van der Waals surface area contributed by atoms with Crippen LogP contribution in [0.1, 0.15) is 68.4 Å². The molecule has 2 rings (SSSR count). The third kappa shape index (κ3) is 8.36. The molecule has 0 saturated carbocycles. The van der Waals surface area contributed by atoms with Crippen molar-refractivity contribution in [3.05, 3.63) is 23.4 Å². The second-order valence-electron chi connectivity index (χ2n) is 9.72. The van der Waals surface area contributed by atoms with E-state index >= 15 is 0 Å². The summed E-state index contributed by atoms with van der Waals surface area (Å²) >= 11 is 0. The lowest BCUT2D eigenvalue weighted by Crippen LogP contribution is -2.53. The lowest BCUT2D eigenvalue weighted by molar-refractivity contribution is -0.835. The Hall–Kier alpha value is -2.52. The number of nitrogens with one attached hydrogen (secondary N) is 1. The summed E-state index contributed by atoms with van der Waals surface area (Å²) < 4.78 is 6.14. The standard InChI is InChI=1S/C25H41N5O4/c1-18(2)23(26)29-25(33)30(4)14-11-20(12-15-30)8-7-17-34-22-10-9-21(19(3)28-22)24(32)27-13-5-6-16-31/h9-10,18,20,31H,5-8,11-17H2,1-4H3,(H2-,26,27,29,32,33)/p+1. The lowest BCUT2D eigenvalue weighted by Gasteiger charge is -2.36. The van der Waals surface area contributed by atoms with Crippen LogP contribution in [0.2, 0.25) is 0 Å². The molecule has 34 heavy (non-hydrogen) atoms. The van der Waals surface area contributed by atoms with Crippen LogP contribution in [0.25, 0.3) is 0 Å². The minimum atomic E-state index is -0.159. The van der Waals surface area contributed by atoms with Gasteiger partial charge >= 0.3 is 6.03 Å². The van der Waals surface area contributed by atoms with E-state index in [-0.39, 0.29) is 24.5 Å². The largest absolute Gasteiger partial charge is 0.478 e. The molecule has 190 valence electrons. The van der Waals surface area contributed by atoms with Gasteiger partial charge in [-0.15, -0.1) is 4.99 Å². The Bertz CT molecular complexity index is 848. The maximum atomic E-state index is 12.6. The van der Waals surface area contributed by atoms with Crippen LogP contribution in [0, 0.1) is 18.8 Å². The van der Waals surface area contributed by atoms with Crippen LogP contribution in [-0.2, 0) is 0 Å². The third-order valence-corrected chi connectivity index (χ3v) is 6.52. The molecule has 0 unspecified atom stereocenters. The van der Waals surface area contributed by atoms with Gasteiger partial charge in [0.1, 0.15) is 5.84 Å². The van der Waals surface area contributed by atoms with E-state index in [0.29, 0.717) is 52.9 Å². The van der Waals surface area contributed by atoms with Gasteiger partial charge in [0.05, 0.1) is 38.0 Å². The first-order valence-corrected chi connectivity index (χ1v) is 12.4. The van der Waals surface area contributed by atoms with E-state index in [2.05, 4.69) is 15.3 Å². The fourth-order valence-corrected chi connectivity index (χ4v) is 3.97. The van der Waals surface area contributed by atoms with Crippen molar-refractivity contribution in [2.24, 2.45) is 22.6 Å². The van der Waals surface area contributed by atoms with Gasteiger partial charge in [-0.25, -0.2) is 14.3 Å². The SMILES string of the molecule is Cc1nc(OCCCC2CC[N+](C)(C(=O)N=C(N)C(C)C)CC2)ccc1C(=O)NCCCCO. The number of rotatable bonds is 11. The first kappa shape index (κ1) is 27.7. The molecule has 1 aromatic heterocycles. The molecule has 0 aliphatic carbocycles. The highest BCUT2D eigenvalue weighted by Crippen LogP contribution is 2.27. The highest BCUT2D eigenvalue weighted by molar-refractivity contribution is 5.95. The predicted octanol–water partition coefficient (Wildman–Crippen LogP) is 3.04. The van der Waals surface area contributed by atoms with Crippen molar-refractivity contribution in [2.75, 3.05) is 39.9 Å². The minimum Gasteiger partial charge on any atom is -0.478 e. The summed E-state index contributed by atoms with van der Waals surface area (Å²) in [7, 11) is 1.95. The van der Waals surface area contributed by atoms with E-state index in [9.17, 15) is 9.59 Å². The number of aromatic nitrogens is 1. The molecule has 0 aromatic carbocycles. The normalized spacial score (nSPS) is 20.9. The molecule has 9 nitrogen and oxygen atoms in total. The second kappa shape index (κ2) is 13.4. The smallest absolute Gasteiger partial charge is 0.444 e. The summed E-state index contributed by atoms with van der Waals surface area (Å²) in [5, 5.41) is 11.7. The molecule has 4 N–H and O–H groups in total. The van der Waals surface area contributed by atoms with Crippen LogP contribution in [0.4, 0.5) is 4.79 Å². The number of carbonyl (C=O) groups is 2. The number of hydrogen-bond acceptors (Lipinski definition) is 5. The van der Waals surface area contributed by atoms with E-state index < -0.39 is 0 Å². The Kier molecular flexibility index (Phi) is 10.9. The zero-order valence-corrected chi connectivity index (χ0v) is 21.2. The molecule has 1 aliphatic rings. The number of ether oxygens (including phenoxy) is 1. The lowest BCUT2D eigenvalue weighted by atomic mass is 9.91. The number of hydrogen-bond donors (Lipinski definition) is 3. The molecule has 0 bridgehead atoms. The number of quaternary nitrogens is 1. The number of amidine groups is 1. The molecule has 0 atom stereocenters. The van der Waals surface area contributed by atoms with Gasteiger partial charge in [0.15, 0.2) is 0 Å². The maximum absolute atomic E-state index is 12.6. The van der Waals surface area contributed by atoms with Crippen molar-refractivity contribution < 1.29 is 23.9 Å². The summed E-state index contributed by atoms with van der Waals surface area (Å²) in [6, 6.07) is 3.33. The Morgan fingerprint density at radius 2 is 1.97 bits per heavy atom. The number of aliphatic imine (C=N–C) groups is 1. The molecule has 9 heteroatoms. The Labute approximate surface area is 203 Å². The number of piperidine rings is 1. The van der Waals surface area contributed by atoms with Crippen molar-refractivity contribution >= 4 is 17.8 Å². The van der Waals surface area contributed by atoms with Crippen LogP contribution < -0.4 is 15.8 Å². The minimum absolute atomic E-state index is 0.0714. The number of amides is 3. The van der Waals surface area contributed by atoms with Crippen LogP contribution in [0.15, 0.2) is 17.1 Å². The van der Waals surface area contributed by atoms with Crippen LogP contribution in [0.5, 0.6) is 5.88 Å². The van der Waals surface area contributed by atoms with E-state index in [1.807, 2.05) is 20.9 Å². The second-order valence-corrected chi connectivity index (χ2v) is 9.72. The molecular formula is C25H42N5O4+. The molecule has 3 amide bonds. The van der Waals surface area contributed by atoms with Crippen LogP contribution in [0.3, 0.4) is 0 Å². The monoisotopic (exact) mass is 476 g/mol. The third-order valence-electron chi connectivity index (χ3n) is 6.52. The Morgan fingerprint density at radius 3 is 2.59 bits per heavy atom. The summed E-state index contributed by atoms with van der Waals surface area (Å²) in [5.41, 5.74) is 7.04. The van der Waals surface area contributed by atoms with Gasteiger partial charge < -0.3 is 20.9 Å². The number of aliphatic hydroxyl groups excluding tert-OH is 1. The van der Waals surface area contributed by atoms with Crippen molar-refractivity contribution in [3.63, 3.8) is 0 Å². The topological polar surface area (TPSA) is 127 Å². The zero-order chi connectivity index (χ0) is 25.1. The zero-order valence-electron chi connectivity index (χ0n) is 21.2. The number of aryl methyl sites for hydroxylation is 1. The number of nitrogens with zero attached hydrogens (tertiary/aromatic N) is 3. The molecular weight excluding hydrogens is 434 g/mol. The van der Waals surface area contributed by atoms with Gasteiger partial charge in [-0.1, -0.05) is 13.8 Å². The summed E-state index contributed by atoms with van der Waals surface area (Å²) in [6.07, 6.45) is 5.33. The number of aliphatic hydroxyl groups is 1. The van der Waals surface area contributed by atoms with Crippen LogP contribution in [-0.4, -0.2) is 72.2 Å². The van der Waals surface area contributed by atoms with Crippen molar-refractivity contribution in [3.8, 4) is 5.88 Å². The van der Waals surface area contributed by atoms with E-state index in [4.69, 9.17) is 15.6 Å². The van der Waals surface area contributed by atoms with Crippen molar-refractivity contribution in [1.29, 1.82) is 0 Å². The molecule has 0 spiro atoms. The number of urea groups is 1. The van der Waals surface area contributed by atoms with Gasteiger partial charge in [0, 0.05) is 38.0 Å². The first-order chi connectivity index (χ1) is 16.2. The highest BCUT2D eigenvalue weighted by atomic mass is 16.5. The number of nitrogens with two attached hydrogens (primary N) is 1. The molecule has 0 radical (unpaired) electrons.